The molecule has 1 aliphatic rings. The van der Waals surface area contributed by atoms with Crippen LogP contribution in [0.4, 0.5) is 5.69 Å². The Hall–Kier alpha value is -3.64. The number of carbonyl (C=O) groups is 2. The second-order valence-electron chi connectivity index (χ2n) is 8.08. The van der Waals surface area contributed by atoms with Gasteiger partial charge >= 0.3 is 0 Å². The Balaban J connectivity index is 1.72. The maximum atomic E-state index is 13.4. The van der Waals surface area contributed by atoms with Crippen molar-refractivity contribution < 1.29 is 14.3 Å². The molecule has 0 radical (unpaired) electrons. The predicted molar refractivity (Wildman–Crippen MR) is 129 cm³/mol. The van der Waals surface area contributed by atoms with Crippen molar-refractivity contribution in [3.05, 3.63) is 94.4 Å². The Morgan fingerprint density at radius 3 is 2.33 bits per heavy atom. The summed E-state index contributed by atoms with van der Waals surface area (Å²) in [6.07, 6.45) is 3.30. The van der Waals surface area contributed by atoms with Gasteiger partial charge in [0.25, 0.3) is 11.8 Å². The molecular formula is C26H24ClN3O3. The summed E-state index contributed by atoms with van der Waals surface area (Å²) in [6.45, 7) is 5.94. The third-order valence-corrected chi connectivity index (χ3v) is 5.62. The molecule has 1 aromatic heterocycles. The number of carbonyl (C=O) groups excluding carboxylic acids is 2. The van der Waals surface area contributed by atoms with Crippen LogP contribution in [0.15, 0.2) is 72.7 Å². The second kappa shape index (κ2) is 9.46. The van der Waals surface area contributed by atoms with Crippen molar-refractivity contribution in [2.24, 2.45) is 0 Å². The molecular weight excluding hydrogens is 438 g/mol. The summed E-state index contributed by atoms with van der Waals surface area (Å²) in [6, 6.07) is 16.2. The molecule has 0 unspecified atom stereocenters. The molecule has 2 aromatic carbocycles. The smallest absolute Gasteiger partial charge is 0.278 e. The van der Waals surface area contributed by atoms with Gasteiger partial charge in [-0.3, -0.25) is 19.5 Å². The number of nitrogens with one attached hydrogen (secondary N) is 1. The molecule has 0 atom stereocenters. The first-order chi connectivity index (χ1) is 15.8. The van der Waals surface area contributed by atoms with Crippen LogP contribution in [0.5, 0.6) is 5.75 Å². The summed E-state index contributed by atoms with van der Waals surface area (Å²) in [5.41, 5.74) is 3.51. The highest BCUT2D eigenvalue weighted by atomic mass is 35.5. The van der Waals surface area contributed by atoms with E-state index in [9.17, 15) is 9.59 Å². The molecule has 0 bridgehead atoms. The van der Waals surface area contributed by atoms with Crippen molar-refractivity contribution >= 4 is 34.7 Å². The molecule has 1 N–H and O–H groups in total. The summed E-state index contributed by atoms with van der Waals surface area (Å²) in [5, 5.41) is 3.71. The fraction of sp³-hybridized carbons (Fsp3) is 0.192. The number of nitrogens with zero attached hydrogens (tertiary/aromatic N) is 2. The van der Waals surface area contributed by atoms with Crippen molar-refractivity contribution in [2.75, 3.05) is 5.32 Å². The number of aromatic nitrogens is 1. The van der Waals surface area contributed by atoms with Crippen LogP contribution in [-0.4, -0.2) is 27.8 Å². The van der Waals surface area contributed by atoms with E-state index >= 15 is 0 Å². The fourth-order valence-electron chi connectivity index (χ4n) is 3.56. The third-order valence-electron chi connectivity index (χ3n) is 5.21. The third kappa shape index (κ3) is 4.91. The number of pyridine rings is 1. The Morgan fingerprint density at radius 2 is 1.70 bits per heavy atom. The zero-order valence-electron chi connectivity index (χ0n) is 18.6. The first-order valence-corrected chi connectivity index (χ1v) is 11.0. The van der Waals surface area contributed by atoms with E-state index in [0.29, 0.717) is 27.6 Å². The SMILES string of the molecule is Cc1ccc(NC2=C(c3ccc(OC(C)C)cc3)C(=O)N(Cc3ccncc3)C2=O)cc1Cl. The minimum atomic E-state index is -0.397. The van der Waals surface area contributed by atoms with Crippen LogP contribution in [0.1, 0.15) is 30.5 Å². The fourth-order valence-corrected chi connectivity index (χ4v) is 3.74. The van der Waals surface area contributed by atoms with Gasteiger partial charge < -0.3 is 10.1 Å². The molecule has 6 nitrogen and oxygen atoms in total. The van der Waals surface area contributed by atoms with Crippen LogP contribution >= 0.6 is 11.6 Å². The molecule has 33 heavy (non-hydrogen) atoms. The quantitative estimate of drug-likeness (QED) is 0.488. The van der Waals surface area contributed by atoms with Crippen LogP contribution in [0.2, 0.25) is 5.02 Å². The van der Waals surface area contributed by atoms with Crippen LogP contribution in [0, 0.1) is 6.92 Å². The average Bonchev–Trinajstić information content (AvgIpc) is 3.01. The maximum absolute atomic E-state index is 13.4. The number of ether oxygens (including phenoxy) is 1. The number of benzene rings is 2. The maximum Gasteiger partial charge on any atom is 0.278 e. The Kier molecular flexibility index (Phi) is 6.47. The highest BCUT2D eigenvalue weighted by Crippen LogP contribution is 2.33. The monoisotopic (exact) mass is 461 g/mol. The largest absolute Gasteiger partial charge is 0.491 e. The molecule has 4 rings (SSSR count). The Labute approximate surface area is 197 Å². The molecule has 1 aliphatic heterocycles. The minimum Gasteiger partial charge on any atom is -0.491 e. The molecule has 0 spiro atoms. The lowest BCUT2D eigenvalue weighted by Gasteiger charge is -2.15. The van der Waals surface area contributed by atoms with Gasteiger partial charge in [-0.1, -0.05) is 29.8 Å². The highest BCUT2D eigenvalue weighted by molar-refractivity contribution is 6.36. The first-order valence-electron chi connectivity index (χ1n) is 10.6. The van der Waals surface area contributed by atoms with Crippen molar-refractivity contribution in [3.63, 3.8) is 0 Å². The molecule has 0 aliphatic carbocycles. The normalized spacial score (nSPS) is 13.8. The van der Waals surface area contributed by atoms with Crippen molar-refractivity contribution in [2.45, 2.75) is 33.4 Å². The minimum absolute atomic E-state index is 0.0316. The second-order valence-corrected chi connectivity index (χ2v) is 8.49. The van der Waals surface area contributed by atoms with E-state index in [-0.39, 0.29) is 24.3 Å². The number of amides is 2. The van der Waals surface area contributed by atoms with Gasteiger partial charge in [0.2, 0.25) is 0 Å². The van der Waals surface area contributed by atoms with E-state index in [1.165, 1.54) is 4.90 Å². The van der Waals surface area contributed by atoms with E-state index in [0.717, 1.165) is 11.1 Å². The Morgan fingerprint density at radius 1 is 1.00 bits per heavy atom. The topological polar surface area (TPSA) is 71.5 Å². The molecule has 2 amide bonds. The lowest BCUT2D eigenvalue weighted by molar-refractivity contribution is -0.137. The summed E-state index contributed by atoms with van der Waals surface area (Å²) < 4.78 is 5.71. The van der Waals surface area contributed by atoms with Gasteiger partial charge in [0.15, 0.2) is 0 Å². The number of rotatable bonds is 7. The first kappa shape index (κ1) is 22.6. The molecule has 0 saturated carbocycles. The number of hydrogen-bond donors (Lipinski definition) is 1. The number of halogens is 1. The number of hydrogen-bond acceptors (Lipinski definition) is 5. The van der Waals surface area contributed by atoms with Gasteiger partial charge in [0, 0.05) is 23.1 Å². The summed E-state index contributed by atoms with van der Waals surface area (Å²) in [7, 11) is 0. The van der Waals surface area contributed by atoms with Crippen LogP contribution in [0.25, 0.3) is 5.57 Å². The lowest BCUT2D eigenvalue weighted by Crippen LogP contribution is -2.32. The summed E-state index contributed by atoms with van der Waals surface area (Å²) >= 11 is 6.27. The van der Waals surface area contributed by atoms with Gasteiger partial charge in [0.1, 0.15) is 11.4 Å². The number of imide groups is 1. The van der Waals surface area contributed by atoms with Crippen LogP contribution in [0.3, 0.4) is 0 Å². The Bertz CT molecular complexity index is 1220. The highest BCUT2D eigenvalue weighted by Gasteiger charge is 2.39. The van der Waals surface area contributed by atoms with E-state index < -0.39 is 5.91 Å². The van der Waals surface area contributed by atoms with Crippen molar-refractivity contribution in [1.82, 2.24) is 9.88 Å². The van der Waals surface area contributed by atoms with Gasteiger partial charge in [-0.15, -0.1) is 0 Å². The lowest BCUT2D eigenvalue weighted by atomic mass is 10.0. The number of anilines is 1. The van der Waals surface area contributed by atoms with E-state index in [1.54, 1.807) is 54.9 Å². The van der Waals surface area contributed by atoms with Gasteiger partial charge in [0.05, 0.1) is 18.2 Å². The van der Waals surface area contributed by atoms with E-state index in [4.69, 9.17) is 16.3 Å². The van der Waals surface area contributed by atoms with Gasteiger partial charge in [-0.25, -0.2) is 0 Å². The summed E-state index contributed by atoms with van der Waals surface area (Å²) in [4.78, 5) is 32.1. The summed E-state index contributed by atoms with van der Waals surface area (Å²) in [5.74, 6) is -0.0688. The van der Waals surface area contributed by atoms with E-state index in [1.807, 2.05) is 32.9 Å². The zero-order valence-corrected chi connectivity index (χ0v) is 19.4. The van der Waals surface area contributed by atoms with E-state index in [2.05, 4.69) is 10.3 Å². The molecule has 7 heteroatoms. The zero-order chi connectivity index (χ0) is 23.5. The van der Waals surface area contributed by atoms with Gasteiger partial charge in [-0.05, 0) is 73.9 Å². The molecule has 2 heterocycles. The van der Waals surface area contributed by atoms with Crippen LogP contribution in [-0.2, 0) is 16.1 Å². The standard InChI is InChI=1S/C26H24ClN3O3/c1-16(2)33-21-8-5-19(6-9-21)23-24(29-20-7-4-17(3)22(27)14-20)26(32)30(25(23)31)15-18-10-12-28-13-11-18/h4-14,16,29H,15H2,1-3H3. The molecule has 168 valence electrons. The van der Waals surface area contributed by atoms with Gasteiger partial charge in [-0.2, -0.15) is 0 Å². The number of aryl methyl sites for hydroxylation is 1. The van der Waals surface area contributed by atoms with Crippen molar-refractivity contribution in [3.8, 4) is 5.75 Å². The predicted octanol–water partition coefficient (Wildman–Crippen LogP) is 5.22. The molecule has 3 aromatic rings. The molecule has 0 fully saturated rings. The average molecular weight is 462 g/mol. The van der Waals surface area contributed by atoms with Crippen molar-refractivity contribution in [1.29, 1.82) is 0 Å². The van der Waals surface area contributed by atoms with Crippen LogP contribution < -0.4 is 10.1 Å². The molecule has 0 saturated heterocycles.